The number of nitrogens with zero attached hydrogens (tertiary/aromatic N) is 1. The van der Waals surface area contributed by atoms with Crippen LogP contribution in [-0.4, -0.2) is 35.1 Å². The van der Waals surface area contributed by atoms with Crippen LogP contribution in [0, 0.1) is 0 Å². The van der Waals surface area contributed by atoms with Crippen LogP contribution in [0.1, 0.15) is 15.9 Å². The van der Waals surface area contributed by atoms with Gasteiger partial charge >= 0.3 is 5.97 Å². The number of carboxylic acids is 1. The molecule has 1 amide bonds. The first kappa shape index (κ1) is 23.9. The number of amides is 1. The van der Waals surface area contributed by atoms with E-state index in [2.05, 4.69) is 21.2 Å². The summed E-state index contributed by atoms with van der Waals surface area (Å²) in [5.41, 5.74) is 9.56. The highest BCUT2D eigenvalue weighted by Gasteiger charge is 2.20. The maximum atomic E-state index is 13.2. The highest BCUT2D eigenvalue weighted by Crippen LogP contribution is 2.26. The Kier molecular flexibility index (Phi) is 7.71. The van der Waals surface area contributed by atoms with E-state index in [1.54, 1.807) is 19.2 Å². The average molecular weight is 489 g/mol. The van der Waals surface area contributed by atoms with Crippen LogP contribution in [-0.2, 0) is 11.2 Å². The van der Waals surface area contributed by atoms with Gasteiger partial charge in [-0.1, -0.05) is 30.3 Å². The van der Waals surface area contributed by atoms with E-state index in [1.807, 2.05) is 60.0 Å². The molecule has 0 saturated carbocycles. The van der Waals surface area contributed by atoms with Crippen LogP contribution in [0.25, 0.3) is 11.3 Å². The molecule has 1 heterocycles. The van der Waals surface area contributed by atoms with Crippen LogP contribution in [0.4, 0.5) is 10.8 Å². The zero-order valence-corrected chi connectivity index (χ0v) is 19.7. The van der Waals surface area contributed by atoms with Gasteiger partial charge in [0.05, 0.1) is 18.4 Å². The predicted octanol–water partition coefficient (Wildman–Crippen LogP) is 4.68. The van der Waals surface area contributed by atoms with E-state index in [4.69, 9.17) is 9.84 Å². The van der Waals surface area contributed by atoms with E-state index < -0.39 is 12.0 Å². The molecule has 0 fully saturated rings. The minimum absolute atomic E-state index is 0.186. The van der Waals surface area contributed by atoms with Crippen molar-refractivity contribution in [2.75, 3.05) is 17.9 Å². The first-order valence-corrected chi connectivity index (χ1v) is 11.7. The summed E-state index contributed by atoms with van der Waals surface area (Å²) in [6.07, 6.45) is 0.434. The molecule has 0 spiro atoms. The molecule has 0 aliphatic rings. The number of carboxylic acid groups (broad SMARTS) is 1. The van der Waals surface area contributed by atoms with Crippen LogP contribution in [0.2, 0.25) is 0 Å². The fourth-order valence-electron chi connectivity index (χ4n) is 3.34. The molecule has 8 nitrogen and oxygen atoms in total. The number of hydrazine groups is 1. The smallest absolute Gasteiger partial charge is 0.335 e. The lowest BCUT2D eigenvalue weighted by molar-refractivity contribution is -0.118. The van der Waals surface area contributed by atoms with Gasteiger partial charge in [0.15, 0.2) is 5.13 Å². The second kappa shape index (κ2) is 11.3. The first-order chi connectivity index (χ1) is 17.0. The molecule has 178 valence electrons. The number of hydrogen-bond donors (Lipinski definition) is 4. The molecule has 1 unspecified atom stereocenters. The van der Waals surface area contributed by atoms with Crippen LogP contribution in [0.15, 0.2) is 84.2 Å². The molecule has 0 radical (unpaired) electrons. The minimum atomic E-state index is -0.997. The lowest BCUT2D eigenvalue weighted by atomic mass is 10.1. The van der Waals surface area contributed by atoms with E-state index in [9.17, 15) is 9.59 Å². The maximum Gasteiger partial charge on any atom is 0.335 e. The van der Waals surface area contributed by atoms with Crippen LogP contribution >= 0.6 is 11.3 Å². The summed E-state index contributed by atoms with van der Waals surface area (Å²) in [7, 11) is 1.62. The normalized spacial score (nSPS) is 11.5. The summed E-state index contributed by atoms with van der Waals surface area (Å²) in [4.78, 5) is 28.8. The van der Waals surface area contributed by atoms with E-state index >= 15 is 0 Å². The number of thiazole rings is 1. The number of aromatic carboxylic acids is 1. The molecule has 0 aliphatic carbocycles. The Morgan fingerprint density at radius 2 is 1.71 bits per heavy atom. The largest absolute Gasteiger partial charge is 0.497 e. The second-order valence-corrected chi connectivity index (χ2v) is 8.51. The number of methoxy groups -OCH3 is 1. The summed E-state index contributed by atoms with van der Waals surface area (Å²) < 4.78 is 5.20. The summed E-state index contributed by atoms with van der Waals surface area (Å²) in [6.45, 7) is 0. The van der Waals surface area contributed by atoms with Crippen molar-refractivity contribution in [3.63, 3.8) is 0 Å². The molecular formula is C26H24N4O4S. The summed E-state index contributed by atoms with van der Waals surface area (Å²) in [6, 6.07) is 22.9. The summed E-state index contributed by atoms with van der Waals surface area (Å²) in [5.74, 6) is -0.486. The number of nitrogens with one attached hydrogen (secondary N) is 3. The molecule has 4 aromatic rings. The highest BCUT2D eigenvalue weighted by molar-refractivity contribution is 7.14. The van der Waals surface area contributed by atoms with Crippen molar-refractivity contribution in [2.45, 2.75) is 12.5 Å². The molecular weight excluding hydrogens is 464 g/mol. The SMILES string of the molecule is COc1ccc(-c2csc(NC(=O)C(Cc3ccccc3)NNc3ccc(C(=O)O)cc3)n2)cc1. The van der Waals surface area contributed by atoms with Crippen molar-refractivity contribution in [1.29, 1.82) is 0 Å². The van der Waals surface area contributed by atoms with E-state index in [0.29, 0.717) is 17.2 Å². The summed E-state index contributed by atoms with van der Waals surface area (Å²) in [5, 5.41) is 14.3. The number of anilines is 2. The van der Waals surface area contributed by atoms with Gasteiger partial charge in [-0.3, -0.25) is 4.79 Å². The number of carbonyl (C=O) groups is 2. The number of ether oxygens (including phenoxy) is 1. The van der Waals surface area contributed by atoms with Crippen molar-refractivity contribution in [3.05, 3.63) is 95.4 Å². The fraction of sp³-hybridized carbons (Fsp3) is 0.115. The minimum Gasteiger partial charge on any atom is -0.497 e. The monoisotopic (exact) mass is 488 g/mol. The molecule has 1 atom stereocenters. The van der Waals surface area contributed by atoms with Gasteiger partial charge in [-0.2, -0.15) is 0 Å². The molecule has 35 heavy (non-hydrogen) atoms. The Balaban J connectivity index is 1.45. The molecule has 4 rings (SSSR count). The van der Waals surface area contributed by atoms with Crippen LogP contribution in [0.3, 0.4) is 0 Å². The quantitative estimate of drug-likeness (QED) is 0.240. The first-order valence-electron chi connectivity index (χ1n) is 10.8. The standard InChI is InChI=1S/C26H24N4O4S/c1-34-21-13-9-18(10-14-21)23-16-35-26(27-23)28-24(31)22(15-17-5-3-2-4-6-17)30-29-20-11-7-19(8-12-20)25(32)33/h2-14,16,22,29-30H,15H2,1H3,(H,32,33)(H,27,28,31). The topological polar surface area (TPSA) is 113 Å². The number of aromatic nitrogens is 1. The van der Waals surface area contributed by atoms with Gasteiger partial charge in [-0.15, -0.1) is 11.3 Å². The third-order valence-corrected chi connectivity index (χ3v) is 6.00. The lowest BCUT2D eigenvalue weighted by Crippen LogP contribution is -2.45. The Labute approximate surface area is 206 Å². The molecule has 0 saturated heterocycles. The van der Waals surface area contributed by atoms with Gasteiger partial charge < -0.3 is 20.6 Å². The average Bonchev–Trinajstić information content (AvgIpc) is 3.35. The molecule has 0 aliphatic heterocycles. The second-order valence-electron chi connectivity index (χ2n) is 7.65. The van der Waals surface area contributed by atoms with Gasteiger partial charge in [0, 0.05) is 16.6 Å². The highest BCUT2D eigenvalue weighted by atomic mass is 32.1. The van der Waals surface area contributed by atoms with Crippen molar-refractivity contribution < 1.29 is 19.4 Å². The number of benzene rings is 3. The number of carbonyl (C=O) groups excluding carboxylic acids is 1. The van der Waals surface area contributed by atoms with Crippen molar-refractivity contribution in [2.24, 2.45) is 0 Å². The summed E-state index contributed by atoms with van der Waals surface area (Å²) >= 11 is 1.35. The van der Waals surface area contributed by atoms with E-state index in [-0.39, 0.29) is 11.5 Å². The third-order valence-electron chi connectivity index (χ3n) is 5.24. The predicted molar refractivity (Wildman–Crippen MR) is 137 cm³/mol. The molecule has 1 aromatic heterocycles. The van der Waals surface area contributed by atoms with Gasteiger partial charge in [-0.05, 0) is 60.5 Å². The Morgan fingerprint density at radius 3 is 2.37 bits per heavy atom. The van der Waals surface area contributed by atoms with Gasteiger partial charge in [-0.25, -0.2) is 15.2 Å². The molecule has 4 N–H and O–H groups in total. The Bertz CT molecular complexity index is 1270. The zero-order valence-electron chi connectivity index (χ0n) is 18.9. The van der Waals surface area contributed by atoms with Crippen LogP contribution < -0.4 is 20.9 Å². The molecule has 0 bridgehead atoms. The number of rotatable bonds is 10. The Hall–Kier alpha value is -4.21. The van der Waals surface area contributed by atoms with Crippen molar-refractivity contribution in [1.82, 2.24) is 10.4 Å². The van der Waals surface area contributed by atoms with Crippen molar-refractivity contribution >= 4 is 34.0 Å². The van der Waals surface area contributed by atoms with Crippen molar-refractivity contribution in [3.8, 4) is 17.0 Å². The fourth-order valence-corrected chi connectivity index (χ4v) is 4.07. The van der Waals surface area contributed by atoms with Gasteiger partial charge in [0.25, 0.3) is 0 Å². The molecule has 9 heteroatoms. The molecule has 3 aromatic carbocycles. The van der Waals surface area contributed by atoms with E-state index in [1.165, 1.54) is 23.5 Å². The van der Waals surface area contributed by atoms with Gasteiger partial charge in [0.1, 0.15) is 11.8 Å². The third kappa shape index (κ3) is 6.44. The maximum absolute atomic E-state index is 13.2. The van der Waals surface area contributed by atoms with E-state index in [0.717, 1.165) is 22.6 Å². The zero-order chi connectivity index (χ0) is 24.6. The number of hydrogen-bond acceptors (Lipinski definition) is 7. The van der Waals surface area contributed by atoms with Crippen LogP contribution in [0.5, 0.6) is 5.75 Å². The Morgan fingerprint density at radius 1 is 1.00 bits per heavy atom. The van der Waals surface area contributed by atoms with Gasteiger partial charge in [0.2, 0.25) is 5.91 Å². The lowest BCUT2D eigenvalue weighted by Gasteiger charge is -2.19.